The van der Waals surface area contributed by atoms with E-state index in [9.17, 15) is 8.42 Å². The molecule has 0 N–H and O–H groups in total. The lowest BCUT2D eigenvalue weighted by Gasteiger charge is -2.09. The maximum Gasteiger partial charge on any atom is 0.154 e. The Bertz CT molecular complexity index is 518. The van der Waals surface area contributed by atoms with Gasteiger partial charge in [0.1, 0.15) is 11.8 Å². The van der Waals surface area contributed by atoms with Crippen LogP contribution in [0.15, 0.2) is 18.3 Å². The molecule has 1 heterocycles. The number of rotatable bonds is 5. The standard InChI is InChI=1S/C12H16N2O2S/c1-3-10(2)8-17(15,16)9-11-5-4-6-14-12(11)7-13/h4-6,10H,3,8-9H2,1-2H3. The van der Waals surface area contributed by atoms with Gasteiger partial charge in [0.05, 0.1) is 11.5 Å². The zero-order chi connectivity index (χ0) is 12.9. The molecular formula is C12H16N2O2S. The molecule has 0 spiro atoms. The lowest BCUT2D eigenvalue weighted by Crippen LogP contribution is -2.16. The third kappa shape index (κ3) is 4.16. The first-order chi connectivity index (χ1) is 7.98. The monoisotopic (exact) mass is 252 g/mol. The molecule has 0 aliphatic rings. The van der Waals surface area contributed by atoms with Gasteiger partial charge < -0.3 is 0 Å². The molecule has 1 atom stereocenters. The second-order valence-electron chi connectivity index (χ2n) is 4.19. The molecule has 1 unspecified atom stereocenters. The zero-order valence-corrected chi connectivity index (χ0v) is 10.9. The molecule has 5 heteroatoms. The number of nitrogens with zero attached hydrogens (tertiary/aromatic N) is 2. The highest BCUT2D eigenvalue weighted by Gasteiger charge is 2.17. The molecule has 0 amide bonds. The maximum atomic E-state index is 11.9. The Morgan fingerprint density at radius 2 is 2.24 bits per heavy atom. The first kappa shape index (κ1) is 13.7. The van der Waals surface area contributed by atoms with E-state index in [-0.39, 0.29) is 23.1 Å². The summed E-state index contributed by atoms with van der Waals surface area (Å²) in [6, 6.07) is 5.20. The van der Waals surface area contributed by atoms with Crippen LogP contribution in [0.25, 0.3) is 0 Å². The van der Waals surface area contributed by atoms with Crippen LogP contribution >= 0.6 is 0 Å². The van der Waals surface area contributed by atoms with Crippen molar-refractivity contribution in [3.05, 3.63) is 29.6 Å². The summed E-state index contributed by atoms with van der Waals surface area (Å²) in [6.45, 7) is 3.87. The van der Waals surface area contributed by atoms with Crippen molar-refractivity contribution in [2.24, 2.45) is 5.92 Å². The van der Waals surface area contributed by atoms with E-state index in [1.54, 1.807) is 12.1 Å². The predicted molar refractivity (Wildman–Crippen MR) is 65.9 cm³/mol. The molecule has 0 aliphatic heterocycles. The van der Waals surface area contributed by atoms with Gasteiger partial charge in [0.15, 0.2) is 9.84 Å². The fourth-order valence-electron chi connectivity index (χ4n) is 1.50. The van der Waals surface area contributed by atoms with Crippen LogP contribution in [-0.4, -0.2) is 19.2 Å². The summed E-state index contributed by atoms with van der Waals surface area (Å²) in [7, 11) is -3.17. The van der Waals surface area contributed by atoms with E-state index >= 15 is 0 Å². The van der Waals surface area contributed by atoms with E-state index in [0.717, 1.165) is 6.42 Å². The van der Waals surface area contributed by atoms with E-state index < -0.39 is 9.84 Å². The minimum Gasteiger partial charge on any atom is -0.245 e. The number of hydrogen-bond acceptors (Lipinski definition) is 4. The average Bonchev–Trinajstić information content (AvgIpc) is 2.28. The van der Waals surface area contributed by atoms with Crippen molar-refractivity contribution in [3.8, 4) is 6.07 Å². The Balaban J connectivity index is 2.88. The van der Waals surface area contributed by atoms with E-state index in [2.05, 4.69) is 4.98 Å². The Morgan fingerprint density at radius 1 is 1.53 bits per heavy atom. The van der Waals surface area contributed by atoms with Gasteiger partial charge in [-0.25, -0.2) is 13.4 Å². The van der Waals surface area contributed by atoms with Crippen LogP contribution in [-0.2, 0) is 15.6 Å². The van der Waals surface area contributed by atoms with Crippen LogP contribution in [0.4, 0.5) is 0 Å². The van der Waals surface area contributed by atoms with Crippen LogP contribution < -0.4 is 0 Å². The van der Waals surface area contributed by atoms with E-state index in [1.165, 1.54) is 6.20 Å². The van der Waals surface area contributed by atoms with Crippen LogP contribution in [0, 0.1) is 17.2 Å². The minimum absolute atomic E-state index is 0.103. The maximum absolute atomic E-state index is 11.9. The fraction of sp³-hybridized carbons (Fsp3) is 0.500. The molecule has 0 bridgehead atoms. The molecule has 1 aromatic heterocycles. The lowest BCUT2D eigenvalue weighted by molar-refractivity contribution is 0.563. The second kappa shape index (κ2) is 5.78. The highest BCUT2D eigenvalue weighted by Crippen LogP contribution is 2.13. The van der Waals surface area contributed by atoms with Gasteiger partial charge in [-0.05, 0) is 12.0 Å². The zero-order valence-electron chi connectivity index (χ0n) is 10.0. The first-order valence-corrected chi connectivity index (χ1v) is 7.35. The number of hydrogen-bond donors (Lipinski definition) is 0. The largest absolute Gasteiger partial charge is 0.245 e. The molecule has 0 fully saturated rings. The summed E-state index contributed by atoms with van der Waals surface area (Å²) in [6.07, 6.45) is 2.32. The van der Waals surface area contributed by atoms with Gasteiger partial charge in [0.2, 0.25) is 0 Å². The topological polar surface area (TPSA) is 70.8 Å². The highest BCUT2D eigenvalue weighted by atomic mass is 32.2. The van der Waals surface area contributed by atoms with Gasteiger partial charge in [0, 0.05) is 11.8 Å². The normalized spacial score (nSPS) is 13.0. The van der Waals surface area contributed by atoms with Gasteiger partial charge in [-0.2, -0.15) is 5.26 Å². The van der Waals surface area contributed by atoms with Crippen molar-refractivity contribution in [2.45, 2.75) is 26.0 Å². The van der Waals surface area contributed by atoms with Crippen molar-refractivity contribution in [3.63, 3.8) is 0 Å². The van der Waals surface area contributed by atoms with E-state index in [4.69, 9.17) is 5.26 Å². The molecule has 0 saturated heterocycles. The summed E-state index contributed by atoms with van der Waals surface area (Å²) >= 11 is 0. The molecule has 0 aromatic carbocycles. The highest BCUT2D eigenvalue weighted by molar-refractivity contribution is 7.90. The summed E-state index contributed by atoms with van der Waals surface area (Å²) < 4.78 is 23.8. The van der Waals surface area contributed by atoms with Crippen LogP contribution in [0.5, 0.6) is 0 Å². The van der Waals surface area contributed by atoms with Gasteiger partial charge in [-0.1, -0.05) is 26.3 Å². The molecule has 17 heavy (non-hydrogen) atoms. The quantitative estimate of drug-likeness (QED) is 0.802. The lowest BCUT2D eigenvalue weighted by atomic mass is 10.2. The Hall–Kier alpha value is -1.41. The molecule has 0 radical (unpaired) electrons. The molecule has 1 aromatic rings. The van der Waals surface area contributed by atoms with Crippen molar-refractivity contribution in [1.29, 1.82) is 5.26 Å². The minimum atomic E-state index is -3.17. The molecule has 92 valence electrons. The van der Waals surface area contributed by atoms with Crippen molar-refractivity contribution >= 4 is 9.84 Å². The van der Waals surface area contributed by atoms with Crippen LogP contribution in [0.2, 0.25) is 0 Å². The third-order valence-electron chi connectivity index (χ3n) is 2.61. The molecule has 0 aliphatic carbocycles. The third-order valence-corrected chi connectivity index (χ3v) is 4.44. The number of pyridine rings is 1. The van der Waals surface area contributed by atoms with E-state index in [1.807, 2.05) is 19.9 Å². The molecular weight excluding hydrogens is 236 g/mol. The Labute approximate surface area is 102 Å². The van der Waals surface area contributed by atoms with Crippen LogP contribution in [0.3, 0.4) is 0 Å². The molecule has 0 saturated carbocycles. The molecule has 4 nitrogen and oxygen atoms in total. The van der Waals surface area contributed by atoms with Gasteiger partial charge in [-0.3, -0.25) is 0 Å². The van der Waals surface area contributed by atoms with Crippen LogP contribution in [0.1, 0.15) is 31.5 Å². The van der Waals surface area contributed by atoms with Gasteiger partial charge in [0.25, 0.3) is 0 Å². The smallest absolute Gasteiger partial charge is 0.154 e. The fourth-order valence-corrected chi connectivity index (χ4v) is 3.43. The Morgan fingerprint density at radius 3 is 2.82 bits per heavy atom. The predicted octanol–water partition coefficient (Wildman–Crippen LogP) is 1.91. The number of sulfone groups is 1. The SMILES string of the molecule is CCC(C)CS(=O)(=O)Cc1cccnc1C#N. The summed E-state index contributed by atoms with van der Waals surface area (Å²) in [4.78, 5) is 3.86. The Kier molecular flexibility index (Phi) is 4.64. The van der Waals surface area contributed by atoms with Crippen molar-refractivity contribution in [2.75, 3.05) is 5.75 Å². The summed E-state index contributed by atoms with van der Waals surface area (Å²) in [5.74, 6) is 0.194. The molecule has 1 rings (SSSR count). The van der Waals surface area contributed by atoms with Gasteiger partial charge in [-0.15, -0.1) is 0 Å². The number of nitriles is 1. The van der Waals surface area contributed by atoms with Gasteiger partial charge >= 0.3 is 0 Å². The van der Waals surface area contributed by atoms with E-state index in [0.29, 0.717) is 5.56 Å². The first-order valence-electron chi connectivity index (χ1n) is 5.53. The summed E-state index contributed by atoms with van der Waals surface area (Å²) in [5.41, 5.74) is 0.679. The number of aromatic nitrogens is 1. The summed E-state index contributed by atoms with van der Waals surface area (Å²) in [5, 5.41) is 8.84. The average molecular weight is 252 g/mol. The second-order valence-corrected chi connectivity index (χ2v) is 6.30. The van der Waals surface area contributed by atoms with Crippen molar-refractivity contribution in [1.82, 2.24) is 4.98 Å². The van der Waals surface area contributed by atoms with Crippen molar-refractivity contribution < 1.29 is 8.42 Å².